The Hall–Kier alpha value is -0.770. The molecule has 1 aliphatic rings. The summed E-state index contributed by atoms with van der Waals surface area (Å²) in [6, 6.07) is 2.71. The smallest absolute Gasteiger partial charge is 0.139 e. The quantitative estimate of drug-likeness (QED) is 0.835. The summed E-state index contributed by atoms with van der Waals surface area (Å²) in [6.45, 7) is 3.26. The number of nitrogens with zero attached hydrogens (tertiary/aromatic N) is 2. The van der Waals surface area contributed by atoms with Gasteiger partial charge in [0.05, 0.1) is 0 Å². The molecule has 1 aromatic heterocycles. The fraction of sp³-hybridized carbons (Fsp3) is 0.700. The predicted molar refractivity (Wildman–Crippen MR) is 61.8 cm³/mol. The molecule has 78 valence electrons. The van der Waals surface area contributed by atoms with Crippen molar-refractivity contribution >= 4 is 22.4 Å². The molecular weight excluding hydrogens is 194 g/mol. The van der Waals surface area contributed by atoms with Crippen molar-refractivity contribution in [2.75, 3.05) is 17.2 Å². The monoisotopic (exact) mass is 211 g/mol. The maximum absolute atomic E-state index is 5.64. The molecule has 2 rings (SSSR count). The molecule has 0 bridgehead atoms. The van der Waals surface area contributed by atoms with Crippen molar-refractivity contribution in [2.45, 2.75) is 38.6 Å². The molecule has 14 heavy (non-hydrogen) atoms. The van der Waals surface area contributed by atoms with E-state index in [4.69, 9.17) is 5.73 Å². The SMILES string of the molecule is CCN(c1cc(N)ns1)C1CCCC1. The van der Waals surface area contributed by atoms with Crippen LogP contribution in [0, 0.1) is 0 Å². The zero-order valence-electron chi connectivity index (χ0n) is 8.57. The first-order valence-electron chi connectivity index (χ1n) is 5.30. The van der Waals surface area contributed by atoms with Crippen molar-refractivity contribution in [1.82, 2.24) is 4.37 Å². The molecule has 1 heterocycles. The van der Waals surface area contributed by atoms with Crippen LogP contribution < -0.4 is 10.6 Å². The Bertz CT molecular complexity index is 291. The fourth-order valence-corrected chi connectivity index (χ4v) is 3.03. The average Bonchev–Trinajstić information content (AvgIpc) is 2.79. The second-order valence-electron chi connectivity index (χ2n) is 3.81. The molecule has 0 aliphatic heterocycles. The first-order chi connectivity index (χ1) is 6.81. The minimum atomic E-state index is 0.654. The maximum Gasteiger partial charge on any atom is 0.139 e. The standard InChI is InChI=1S/C10H17N3S/c1-2-13(8-5-3-4-6-8)10-7-9(11)12-14-10/h7-8H,2-6H2,1H3,(H2,11,12). The fourth-order valence-electron chi connectivity index (χ4n) is 2.22. The highest BCUT2D eigenvalue weighted by atomic mass is 32.1. The largest absolute Gasteiger partial charge is 0.383 e. The molecule has 0 aromatic carbocycles. The molecule has 0 saturated heterocycles. The van der Waals surface area contributed by atoms with Crippen LogP contribution in [0.2, 0.25) is 0 Å². The summed E-state index contributed by atoms with van der Waals surface area (Å²) in [5.74, 6) is 0.654. The van der Waals surface area contributed by atoms with Gasteiger partial charge in [-0.25, -0.2) is 0 Å². The highest BCUT2D eigenvalue weighted by Gasteiger charge is 2.22. The second-order valence-corrected chi connectivity index (χ2v) is 4.60. The summed E-state index contributed by atoms with van der Waals surface area (Å²) in [7, 11) is 0. The van der Waals surface area contributed by atoms with Crippen LogP contribution in [0.3, 0.4) is 0 Å². The second kappa shape index (κ2) is 4.17. The number of rotatable bonds is 3. The summed E-state index contributed by atoms with van der Waals surface area (Å²) < 4.78 is 4.13. The maximum atomic E-state index is 5.64. The third-order valence-corrected chi connectivity index (χ3v) is 3.75. The van der Waals surface area contributed by atoms with Crippen molar-refractivity contribution in [3.63, 3.8) is 0 Å². The van der Waals surface area contributed by atoms with Crippen LogP contribution >= 0.6 is 11.5 Å². The molecule has 0 unspecified atom stereocenters. The molecule has 2 N–H and O–H groups in total. The lowest BCUT2D eigenvalue weighted by Crippen LogP contribution is -2.32. The molecular formula is C10H17N3S. The van der Waals surface area contributed by atoms with Crippen LogP contribution in [-0.4, -0.2) is 17.0 Å². The minimum Gasteiger partial charge on any atom is -0.383 e. The van der Waals surface area contributed by atoms with Crippen LogP contribution in [-0.2, 0) is 0 Å². The van der Waals surface area contributed by atoms with E-state index in [9.17, 15) is 0 Å². The molecule has 0 amide bonds. The van der Waals surface area contributed by atoms with Gasteiger partial charge in [0, 0.05) is 18.7 Å². The van der Waals surface area contributed by atoms with Crippen LogP contribution in [0.15, 0.2) is 6.07 Å². The van der Waals surface area contributed by atoms with Gasteiger partial charge in [0.1, 0.15) is 10.8 Å². The Labute approximate surface area is 89.1 Å². The van der Waals surface area contributed by atoms with Crippen LogP contribution in [0.4, 0.5) is 10.8 Å². The van der Waals surface area contributed by atoms with Gasteiger partial charge in [0.15, 0.2) is 0 Å². The van der Waals surface area contributed by atoms with Gasteiger partial charge in [-0.2, -0.15) is 4.37 Å². The molecule has 1 aromatic rings. The molecule has 3 nitrogen and oxygen atoms in total. The number of nitrogen functional groups attached to an aromatic ring is 1. The van der Waals surface area contributed by atoms with Crippen molar-refractivity contribution in [1.29, 1.82) is 0 Å². The predicted octanol–water partition coefficient (Wildman–Crippen LogP) is 2.49. The first-order valence-corrected chi connectivity index (χ1v) is 6.07. The zero-order valence-corrected chi connectivity index (χ0v) is 9.39. The zero-order chi connectivity index (χ0) is 9.97. The van der Waals surface area contributed by atoms with E-state index >= 15 is 0 Å². The Balaban J connectivity index is 2.12. The number of hydrogen-bond acceptors (Lipinski definition) is 4. The molecule has 0 spiro atoms. The molecule has 1 fully saturated rings. The van der Waals surface area contributed by atoms with Gasteiger partial charge in [-0.05, 0) is 31.3 Å². The summed E-state index contributed by atoms with van der Waals surface area (Å²) >= 11 is 1.52. The van der Waals surface area contributed by atoms with E-state index in [2.05, 4.69) is 16.2 Å². The minimum absolute atomic E-state index is 0.654. The van der Waals surface area contributed by atoms with E-state index in [1.165, 1.54) is 42.2 Å². The number of hydrogen-bond donors (Lipinski definition) is 1. The van der Waals surface area contributed by atoms with Crippen LogP contribution in [0.25, 0.3) is 0 Å². The summed E-state index contributed by atoms with van der Waals surface area (Å²) in [6.07, 6.45) is 5.39. The number of nitrogens with two attached hydrogens (primary N) is 1. The topological polar surface area (TPSA) is 42.1 Å². The molecule has 0 radical (unpaired) electrons. The van der Waals surface area contributed by atoms with Gasteiger partial charge in [-0.15, -0.1) is 0 Å². The summed E-state index contributed by atoms with van der Waals surface area (Å²) in [5, 5.41) is 1.23. The van der Waals surface area contributed by atoms with Crippen molar-refractivity contribution in [3.8, 4) is 0 Å². The lowest BCUT2D eigenvalue weighted by molar-refractivity contribution is 0.624. The lowest BCUT2D eigenvalue weighted by Gasteiger charge is -2.27. The van der Waals surface area contributed by atoms with Gasteiger partial charge in [0.2, 0.25) is 0 Å². The van der Waals surface area contributed by atoms with Crippen molar-refractivity contribution in [3.05, 3.63) is 6.07 Å². The first kappa shape index (κ1) is 9.77. The van der Waals surface area contributed by atoms with E-state index in [0.717, 1.165) is 12.6 Å². The van der Waals surface area contributed by atoms with Crippen LogP contribution in [0.1, 0.15) is 32.6 Å². The Morgan fingerprint density at radius 2 is 2.29 bits per heavy atom. The Morgan fingerprint density at radius 3 is 2.79 bits per heavy atom. The van der Waals surface area contributed by atoms with Crippen molar-refractivity contribution < 1.29 is 0 Å². The van der Waals surface area contributed by atoms with E-state index < -0.39 is 0 Å². The summed E-state index contributed by atoms with van der Waals surface area (Å²) in [4.78, 5) is 2.45. The number of aromatic nitrogens is 1. The van der Waals surface area contributed by atoms with E-state index in [1.807, 2.05) is 6.07 Å². The molecule has 1 aliphatic carbocycles. The Morgan fingerprint density at radius 1 is 1.57 bits per heavy atom. The lowest BCUT2D eigenvalue weighted by atomic mass is 10.2. The van der Waals surface area contributed by atoms with Gasteiger partial charge >= 0.3 is 0 Å². The molecule has 0 atom stereocenters. The van der Waals surface area contributed by atoms with E-state index in [-0.39, 0.29) is 0 Å². The van der Waals surface area contributed by atoms with Crippen LogP contribution in [0.5, 0.6) is 0 Å². The number of anilines is 2. The van der Waals surface area contributed by atoms with E-state index in [1.54, 1.807) is 0 Å². The average molecular weight is 211 g/mol. The highest BCUT2D eigenvalue weighted by Crippen LogP contribution is 2.31. The molecule has 4 heteroatoms. The Kier molecular flexibility index (Phi) is 2.91. The highest BCUT2D eigenvalue weighted by molar-refractivity contribution is 7.10. The van der Waals surface area contributed by atoms with Gasteiger partial charge in [0.25, 0.3) is 0 Å². The van der Waals surface area contributed by atoms with Gasteiger partial charge < -0.3 is 10.6 Å². The normalized spacial score (nSPS) is 17.5. The van der Waals surface area contributed by atoms with Gasteiger partial charge in [-0.1, -0.05) is 12.8 Å². The van der Waals surface area contributed by atoms with Gasteiger partial charge in [-0.3, -0.25) is 0 Å². The van der Waals surface area contributed by atoms with E-state index in [0.29, 0.717) is 5.82 Å². The van der Waals surface area contributed by atoms with Crippen molar-refractivity contribution in [2.24, 2.45) is 0 Å². The molecule has 1 saturated carbocycles. The summed E-state index contributed by atoms with van der Waals surface area (Å²) in [5.41, 5.74) is 5.64. The third kappa shape index (κ3) is 1.85. The third-order valence-electron chi connectivity index (χ3n) is 2.91.